The van der Waals surface area contributed by atoms with Gasteiger partial charge in [0.25, 0.3) is 5.69 Å². The Labute approximate surface area is 97.3 Å². The maximum Gasteiger partial charge on any atom is 0.327 e. The summed E-state index contributed by atoms with van der Waals surface area (Å²) in [6.45, 7) is 0. The van der Waals surface area contributed by atoms with Crippen molar-refractivity contribution < 1.29 is 19.6 Å². The number of hydrazine groups is 1. The van der Waals surface area contributed by atoms with E-state index >= 15 is 0 Å². The molecule has 0 unspecified atom stereocenters. The molecule has 0 atom stereocenters. The summed E-state index contributed by atoms with van der Waals surface area (Å²) in [4.78, 5) is 33.0. The molecule has 0 aromatic heterocycles. The van der Waals surface area contributed by atoms with Crippen molar-refractivity contribution in [3.8, 4) is 5.75 Å². The molecule has 0 heterocycles. The van der Waals surface area contributed by atoms with Crippen LogP contribution in [0.4, 0.5) is 17.1 Å². The highest BCUT2D eigenvalue weighted by atomic mass is 16.7. The third-order valence-electron chi connectivity index (χ3n) is 1.80. The van der Waals surface area contributed by atoms with Crippen LogP contribution in [-0.4, -0.2) is 14.8 Å². The van der Waals surface area contributed by atoms with Gasteiger partial charge < -0.3 is 4.84 Å². The molecule has 0 aliphatic rings. The van der Waals surface area contributed by atoms with Crippen LogP contribution in [0.1, 0.15) is 0 Å². The Morgan fingerprint density at radius 1 is 1.00 bits per heavy atom. The Morgan fingerprint density at radius 3 is 1.72 bits per heavy atom. The molecule has 18 heavy (non-hydrogen) atoms. The van der Waals surface area contributed by atoms with Crippen molar-refractivity contribution in [1.82, 2.24) is 5.59 Å². The molecule has 0 aliphatic heterocycles. The highest BCUT2D eigenvalue weighted by Gasteiger charge is 2.32. The normalized spacial score (nSPS) is 9.83. The van der Waals surface area contributed by atoms with Crippen LogP contribution in [0, 0.1) is 30.3 Å². The molecule has 0 amide bonds. The Morgan fingerprint density at radius 2 is 1.44 bits per heavy atom. The van der Waals surface area contributed by atoms with Crippen LogP contribution in [0.2, 0.25) is 0 Å². The molecule has 1 rings (SSSR count). The van der Waals surface area contributed by atoms with E-state index in [0.717, 1.165) is 0 Å². The van der Waals surface area contributed by atoms with Gasteiger partial charge in [0.05, 0.1) is 26.9 Å². The van der Waals surface area contributed by atoms with Crippen LogP contribution in [0.25, 0.3) is 0 Å². The van der Waals surface area contributed by atoms with Crippen LogP contribution in [0.15, 0.2) is 12.1 Å². The summed E-state index contributed by atoms with van der Waals surface area (Å²) in [7, 11) is 0. The minimum Gasteiger partial charge on any atom is -0.379 e. The average molecular weight is 259 g/mol. The largest absolute Gasteiger partial charge is 0.379 e. The number of rotatable bonds is 5. The third kappa shape index (κ3) is 2.45. The van der Waals surface area contributed by atoms with Crippen LogP contribution in [0.3, 0.4) is 0 Å². The number of benzene rings is 1. The van der Waals surface area contributed by atoms with Crippen molar-refractivity contribution in [1.29, 1.82) is 0 Å². The summed E-state index contributed by atoms with van der Waals surface area (Å²) in [5, 5.41) is 31.8. The summed E-state index contributed by atoms with van der Waals surface area (Å²) in [5.74, 6) is 3.92. The zero-order chi connectivity index (χ0) is 13.9. The van der Waals surface area contributed by atoms with Gasteiger partial charge in [-0.1, -0.05) is 5.59 Å². The first-order chi connectivity index (χ1) is 8.38. The highest BCUT2D eigenvalue weighted by Crippen LogP contribution is 2.39. The lowest BCUT2D eigenvalue weighted by molar-refractivity contribution is -0.404. The van der Waals surface area contributed by atoms with Gasteiger partial charge in [0, 0.05) is 0 Å². The fraction of sp³-hybridized carbons (Fsp3) is 0. The Bertz CT molecular complexity index is 494. The number of nitro benzene ring substituents is 3. The van der Waals surface area contributed by atoms with Crippen molar-refractivity contribution in [3.05, 3.63) is 42.5 Å². The smallest absolute Gasteiger partial charge is 0.327 e. The predicted molar refractivity (Wildman–Crippen MR) is 54.4 cm³/mol. The van der Waals surface area contributed by atoms with E-state index in [2.05, 4.69) is 4.84 Å². The van der Waals surface area contributed by atoms with Crippen LogP contribution in [-0.2, 0) is 0 Å². The van der Waals surface area contributed by atoms with Gasteiger partial charge in [0.2, 0.25) is 0 Å². The molecule has 0 radical (unpaired) electrons. The number of hydrogen-bond donors (Lipinski definition) is 2. The van der Waals surface area contributed by atoms with Gasteiger partial charge in [-0.05, 0) is 0 Å². The quantitative estimate of drug-likeness (QED) is 0.423. The first-order valence-electron chi connectivity index (χ1n) is 4.12. The van der Waals surface area contributed by atoms with E-state index in [-0.39, 0.29) is 0 Å². The van der Waals surface area contributed by atoms with Gasteiger partial charge in [-0.3, -0.25) is 30.3 Å². The fourth-order valence-electron chi connectivity index (χ4n) is 1.12. The van der Waals surface area contributed by atoms with Gasteiger partial charge >= 0.3 is 17.1 Å². The molecule has 1 aromatic carbocycles. The van der Waals surface area contributed by atoms with Gasteiger partial charge in [0.1, 0.15) is 0 Å². The van der Waals surface area contributed by atoms with Crippen LogP contribution >= 0.6 is 0 Å². The number of nitrogens with zero attached hydrogens (tertiary/aromatic N) is 3. The van der Waals surface area contributed by atoms with Gasteiger partial charge in [-0.25, -0.2) is 5.84 Å². The van der Waals surface area contributed by atoms with Crippen LogP contribution in [0.5, 0.6) is 5.75 Å². The van der Waals surface area contributed by atoms with Crippen molar-refractivity contribution in [3.63, 3.8) is 0 Å². The molecular formula is C6H5N5O7. The van der Waals surface area contributed by atoms with E-state index in [1.807, 2.05) is 0 Å². The SMILES string of the molecule is NNOc1c([N+](=O)[O-])cc([N+](=O)[O-])cc1[N+](=O)[O-]. The topological polar surface area (TPSA) is 177 Å². The third-order valence-corrected chi connectivity index (χ3v) is 1.80. The zero-order valence-electron chi connectivity index (χ0n) is 8.43. The number of nitrogens with one attached hydrogen (secondary N) is 1. The molecule has 0 spiro atoms. The second kappa shape index (κ2) is 4.98. The lowest BCUT2D eigenvalue weighted by Gasteiger charge is -2.04. The molecular weight excluding hydrogens is 254 g/mol. The number of non-ortho nitro benzene ring substituents is 1. The van der Waals surface area contributed by atoms with Gasteiger partial charge in [0.15, 0.2) is 0 Å². The molecule has 12 heteroatoms. The van der Waals surface area contributed by atoms with Crippen molar-refractivity contribution in [2.45, 2.75) is 0 Å². The Hall–Kier alpha value is -2.86. The molecule has 96 valence electrons. The molecule has 1 aromatic rings. The standard InChI is InChI=1S/C6H5N5O7/c7-8-18-6-4(10(14)15)1-3(9(12)13)2-5(6)11(16)17/h1-2,8H,7H2. The molecule has 0 bridgehead atoms. The summed E-state index contributed by atoms with van der Waals surface area (Å²) in [6, 6.07) is 1.05. The summed E-state index contributed by atoms with van der Waals surface area (Å²) in [5.41, 5.74) is -1.16. The first kappa shape index (κ1) is 13.2. The van der Waals surface area contributed by atoms with E-state index in [1.165, 1.54) is 0 Å². The van der Waals surface area contributed by atoms with Crippen LogP contribution < -0.4 is 16.3 Å². The second-order valence-electron chi connectivity index (χ2n) is 2.80. The number of nitrogens with two attached hydrogens (primary N) is 1. The van der Waals surface area contributed by atoms with Gasteiger partial charge in [-0.15, -0.1) is 0 Å². The first-order valence-corrected chi connectivity index (χ1v) is 4.12. The van der Waals surface area contributed by atoms with Crippen molar-refractivity contribution in [2.75, 3.05) is 0 Å². The number of nitro groups is 3. The Balaban J connectivity index is 3.59. The van der Waals surface area contributed by atoms with Gasteiger partial charge in [-0.2, -0.15) is 0 Å². The fourth-order valence-corrected chi connectivity index (χ4v) is 1.12. The molecule has 0 fully saturated rings. The minimum atomic E-state index is -1.06. The van der Waals surface area contributed by atoms with E-state index < -0.39 is 37.6 Å². The second-order valence-corrected chi connectivity index (χ2v) is 2.80. The summed E-state index contributed by atoms with van der Waals surface area (Å²) in [6.07, 6.45) is 0. The lowest BCUT2D eigenvalue weighted by Crippen LogP contribution is -2.26. The highest BCUT2D eigenvalue weighted by molar-refractivity contribution is 5.65. The van der Waals surface area contributed by atoms with E-state index in [9.17, 15) is 30.3 Å². The van der Waals surface area contributed by atoms with Crippen molar-refractivity contribution >= 4 is 17.1 Å². The monoisotopic (exact) mass is 259 g/mol. The zero-order valence-corrected chi connectivity index (χ0v) is 8.43. The predicted octanol–water partition coefficient (Wildman–Crippen LogP) is 0.168. The summed E-state index contributed by atoms with van der Waals surface area (Å²) >= 11 is 0. The van der Waals surface area contributed by atoms with Crippen molar-refractivity contribution in [2.24, 2.45) is 5.84 Å². The lowest BCUT2D eigenvalue weighted by atomic mass is 10.2. The van der Waals surface area contributed by atoms with E-state index in [4.69, 9.17) is 5.84 Å². The minimum absolute atomic E-state index is 0.527. The maximum atomic E-state index is 10.7. The average Bonchev–Trinajstić information content (AvgIpc) is 2.28. The number of hydrogen-bond acceptors (Lipinski definition) is 9. The maximum absolute atomic E-state index is 10.7. The molecule has 3 N–H and O–H groups in total. The van der Waals surface area contributed by atoms with E-state index in [1.54, 1.807) is 5.59 Å². The molecule has 12 nitrogen and oxygen atoms in total. The molecule has 0 aliphatic carbocycles. The molecule has 0 saturated carbocycles. The van der Waals surface area contributed by atoms with E-state index in [0.29, 0.717) is 12.1 Å². The molecule has 0 saturated heterocycles. The Kier molecular flexibility index (Phi) is 3.65. The summed E-state index contributed by atoms with van der Waals surface area (Å²) < 4.78 is 0.